The molecule has 1 aliphatic rings. The Balaban J connectivity index is 2.02. The number of halogens is 1. The van der Waals surface area contributed by atoms with Crippen molar-refractivity contribution in [3.8, 4) is 5.75 Å². The Morgan fingerprint density at radius 2 is 2.19 bits per heavy atom. The van der Waals surface area contributed by atoms with Crippen molar-refractivity contribution >= 4 is 11.7 Å². The molecule has 1 atom stereocenters. The van der Waals surface area contributed by atoms with Gasteiger partial charge in [0, 0.05) is 5.56 Å². The van der Waals surface area contributed by atoms with Crippen LogP contribution in [0.1, 0.15) is 32.8 Å². The Morgan fingerprint density at radius 1 is 1.48 bits per heavy atom. The first-order valence-electron chi connectivity index (χ1n) is 6.59. The van der Waals surface area contributed by atoms with Gasteiger partial charge in [-0.25, -0.2) is 4.39 Å². The fourth-order valence-corrected chi connectivity index (χ4v) is 1.87. The van der Waals surface area contributed by atoms with Gasteiger partial charge in [0.1, 0.15) is 11.7 Å². The molecule has 0 radical (unpaired) electrons. The third kappa shape index (κ3) is 4.19. The Morgan fingerprint density at radius 3 is 2.81 bits per heavy atom. The summed E-state index contributed by atoms with van der Waals surface area (Å²) < 4.78 is 18.5. The van der Waals surface area contributed by atoms with E-state index >= 15 is 0 Å². The molecule has 114 valence electrons. The van der Waals surface area contributed by atoms with Gasteiger partial charge < -0.3 is 9.84 Å². The Kier molecular flexibility index (Phi) is 4.18. The molecule has 21 heavy (non-hydrogen) atoms. The SMILES string of the molecule is CC(C)(C)OC(=O)CC1C=C(c2ccc(O)c(F)c2)NO1. The van der Waals surface area contributed by atoms with Gasteiger partial charge in [-0.15, -0.1) is 0 Å². The molecule has 0 bridgehead atoms. The number of hydrogen-bond acceptors (Lipinski definition) is 5. The van der Waals surface area contributed by atoms with Crippen LogP contribution >= 0.6 is 0 Å². The first kappa shape index (κ1) is 15.3. The predicted octanol–water partition coefficient (Wildman–Crippen LogP) is 2.51. The number of carbonyl (C=O) groups is 1. The molecule has 0 saturated heterocycles. The highest BCUT2D eigenvalue weighted by Gasteiger charge is 2.24. The van der Waals surface area contributed by atoms with E-state index in [0.717, 1.165) is 0 Å². The molecule has 1 aliphatic heterocycles. The van der Waals surface area contributed by atoms with Crippen LogP contribution in [-0.4, -0.2) is 22.8 Å². The van der Waals surface area contributed by atoms with Crippen LogP contribution in [0.15, 0.2) is 24.3 Å². The highest BCUT2D eigenvalue weighted by Crippen LogP contribution is 2.24. The zero-order valence-corrected chi connectivity index (χ0v) is 12.1. The van der Waals surface area contributed by atoms with Crippen molar-refractivity contribution in [2.24, 2.45) is 0 Å². The van der Waals surface area contributed by atoms with E-state index in [1.807, 2.05) is 0 Å². The third-order valence-corrected chi connectivity index (χ3v) is 2.72. The van der Waals surface area contributed by atoms with E-state index in [0.29, 0.717) is 11.3 Å². The van der Waals surface area contributed by atoms with Crippen molar-refractivity contribution in [1.29, 1.82) is 0 Å². The topological polar surface area (TPSA) is 67.8 Å². The first-order valence-corrected chi connectivity index (χ1v) is 6.59. The van der Waals surface area contributed by atoms with Crippen molar-refractivity contribution in [2.75, 3.05) is 0 Å². The first-order chi connectivity index (χ1) is 9.74. The molecule has 0 saturated carbocycles. The molecular weight excluding hydrogens is 277 g/mol. The number of benzene rings is 1. The smallest absolute Gasteiger partial charge is 0.309 e. The summed E-state index contributed by atoms with van der Waals surface area (Å²) in [6.07, 6.45) is 1.26. The number of phenolic OH excluding ortho intramolecular Hbond substituents is 1. The van der Waals surface area contributed by atoms with E-state index in [-0.39, 0.29) is 12.4 Å². The molecule has 0 fully saturated rings. The lowest BCUT2D eigenvalue weighted by Crippen LogP contribution is -2.26. The van der Waals surface area contributed by atoms with E-state index in [9.17, 15) is 9.18 Å². The lowest BCUT2D eigenvalue weighted by molar-refractivity contribution is -0.157. The summed E-state index contributed by atoms with van der Waals surface area (Å²) in [5.74, 6) is -1.50. The third-order valence-electron chi connectivity index (χ3n) is 2.72. The zero-order valence-electron chi connectivity index (χ0n) is 12.1. The van der Waals surface area contributed by atoms with Crippen LogP contribution in [0.25, 0.3) is 5.70 Å². The molecule has 2 N–H and O–H groups in total. The molecule has 0 aromatic heterocycles. The normalized spacial score (nSPS) is 18.1. The van der Waals surface area contributed by atoms with Crippen LogP contribution in [0.5, 0.6) is 5.75 Å². The Hall–Kier alpha value is -2.08. The van der Waals surface area contributed by atoms with Crippen LogP contribution in [0.2, 0.25) is 0 Å². The molecule has 0 aliphatic carbocycles. The molecule has 5 nitrogen and oxygen atoms in total. The minimum atomic E-state index is -0.717. The maximum atomic E-state index is 13.3. The van der Waals surface area contributed by atoms with Gasteiger partial charge in [0.2, 0.25) is 0 Å². The molecule has 2 rings (SSSR count). The van der Waals surface area contributed by atoms with Gasteiger partial charge in [-0.1, -0.05) is 0 Å². The molecule has 1 aromatic carbocycles. The molecule has 6 heteroatoms. The lowest BCUT2D eigenvalue weighted by Gasteiger charge is -2.20. The second kappa shape index (κ2) is 5.73. The number of carbonyl (C=O) groups excluding carboxylic acids is 1. The Labute approximate surface area is 122 Å². The average Bonchev–Trinajstić information content (AvgIpc) is 2.78. The summed E-state index contributed by atoms with van der Waals surface area (Å²) in [7, 11) is 0. The van der Waals surface area contributed by atoms with Crippen LogP contribution in [0, 0.1) is 5.82 Å². The summed E-state index contributed by atoms with van der Waals surface area (Å²) in [6, 6.07) is 4.00. The highest BCUT2D eigenvalue weighted by atomic mass is 19.1. The second-order valence-electron chi connectivity index (χ2n) is 5.80. The van der Waals surface area contributed by atoms with Gasteiger partial charge in [-0.05, 0) is 45.0 Å². The summed E-state index contributed by atoms with van der Waals surface area (Å²) >= 11 is 0. The maximum Gasteiger partial charge on any atom is 0.309 e. The number of ether oxygens (including phenoxy) is 1. The van der Waals surface area contributed by atoms with E-state index in [4.69, 9.17) is 14.7 Å². The van der Waals surface area contributed by atoms with Crippen LogP contribution < -0.4 is 5.48 Å². The van der Waals surface area contributed by atoms with Crippen molar-refractivity contribution in [1.82, 2.24) is 5.48 Å². The largest absolute Gasteiger partial charge is 0.505 e. The zero-order chi connectivity index (χ0) is 15.6. The molecule has 0 spiro atoms. The standard InChI is InChI=1S/C15H18FNO4/c1-15(2,3)20-14(19)8-10-7-12(17-21-10)9-4-5-13(18)11(16)6-9/h4-7,10,17-18H,8H2,1-3H3. The average molecular weight is 295 g/mol. The molecule has 1 heterocycles. The monoisotopic (exact) mass is 295 g/mol. The number of hydrogen-bond donors (Lipinski definition) is 2. The van der Waals surface area contributed by atoms with Gasteiger partial charge in [-0.3, -0.25) is 15.1 Å². The van der Waals surface area contributed by atoms with Crippen molar-refractivity contribution in [3.05, 3.63) is 35.7 Å². The van der Waals surface area contributed by atoms with E-state index in [2.05, 4.69) is 5.48 Å². The summed E-state index contributed by atoms with van der Waals surface area (Å²) in [5.41, 5.74) is 3.17. The van der Waals surface area contributed by atoms with Gasteiger partial charge in [-0.2, -0.15) is 0 Å². The number of phenols is 1. The van der Waals surface area contributed by atoms with Gasteiger partial charge in [0.15, 0.2) is 11.6 Å². The second-order valence-corrected chi connectivity index (χ2v) is 5.80. The lowest BCUT2D eigenvalue weighted by atomic mass is 10.1. The van der Waals surface area contributed by atoms with Crippen LogP contribution in [0.3, 0.4) is 0 Å². The fraction of sp³-hybridized carbons (Fsp3) is 0.400. The number of rotatable bonds is 3. The summed E-state index contributed by atoms with van der Waals surface area (Å²) in [4.78, 5) is 17.0. The van der Waals surface area contributed by atoms with Crippen LogP contribution in [-0.2, 0) is 14.4 Å². The minimum absolute atomic E-state index is 0.0638. The predicted molar refractivity (Wildman–Crippen MR) is 74.5 cm³/mol. The van der Waals surface area contributed by atoms with Crippen molar-refractivity contribution in [2.45, 2.75) is 38.9 Å². The van der Waals surface area contributed by atoms with Gasteiger partial charge in [0.25, 0.3) is 0 Å². The minimum Gasteiger partial charge on any atom is -0.505 e. The fourth-order valence-electron chi connectivity index (χ4n) is 1.87. The number of esters is 1. The number of hydroxylamine groups is 1. The molecule has 1 unspecified atom stereocenters. The molecule has 0 amide bonds. The van der Waals surface area contributed by atoms with Gasteiger partial charge >= 0.3 is 5.97 Å². The van der Waals surface area contributed by atoms with Crippen molar-refractivity contribution in [3.63, 3.8) is 0 Å². The summed E-state index contributed by atoms with van der Waals surface area (Å²) in [6.45, 7) is 5.37. The maximum absolute atomic E-state index is 13.3. The highest BCUT2D eigenvalue weighted by molar-refractivity contribution is 5.72. The quantitative estimate of drug-likeness (QED) is 0.839. The van der Waals surface area contributed by atoms with Crippen molar-refractivity contribution < 1.29 is 23.9 Å². The van der Waals surface area contributed by atoms with E-state index in [1.54, 1.807) is 32.9 Å². The number of aromatic hydroxyl groups is 1. The number of nitrogens with one attached hydrogen (secondary N) is 1. The van der Waals surface area contributed by atoms with E-state index < -0.39 is 23.3 Å². The molecule has 1 aromatic rings. The Bertz CT molecular complexity index is 578. The molecular formula is C15H18FNO4. The summed E-state index contributed by atoms with van der Waals surface area (Å²) in [5, 5.41) is 9.16. The van der Waals surface area contributed by atoms with Gasteiger partial charge in [0.05, 0.1) is 12.1 Å². The van der Waals surface area contributed by atoms with E-state index in [1.165, 1.54) is 12.1 Å². The van der Waals surface area contributed by atoms with Crippen LogP contribution in [0.4, 0.5) is 4.39 Å².